The van der Waals surface area contributed by atoms with Gasteiger partial charge in [0.15, 0.2) is 0 Å². The van der Waals surface area contributed by atoms with E-state index in [2.05, 4.69) is 24.3 Å². The number of hydrogen-bond donors (Lipinski definition) is 0. The van der Waals surface area contributed by atoms with Crippen molar-refractivity contribution in [3.05, 3.63) is 48.5 Å². The van der Waals surface area contributed by atoms with Crippen LogP contribution in [-0.4, -0.2) is 0 Å². The Bertz CT molecular complexity index is 284. The molecule has 0 unspecified atom stereocenters. The molecular weight excluding hydrogens is 370 g/mol. The average Bonchev–Trinajstić information content (AvgIpc) is 2.28. The number of rotatable bonds is 0. The summed E-state index contributed by atoms with van der Waals surface area (Å²) in [6.45, 7) is 0. The maximum absolute atomic E-state index is 3.14. The molecule has 0 amide bonds. The fourth-order valence-corrected chi connectivity index (χ4v) is 1.06. The number of hydrogen-bond acceptors (Lipinski definition) is 0. The average molecular weight is 377 g/mol. The molecule has 0 aliphatic heterocycles. The maximum Gasteiger partial charge on any atom is 0 e. The first-order valence-corrected chi connectivity index (χ1v) is 3.32. The van der Waals surface area contributed by atoms with Crippen LogP contribution in [0.1, 0.15) is 0 Å². The van der Waals surface area contributed by atoms with Crippen LogP contribution in [0.15, 0.2) is 42.5 Å². The Morgan fingerprint density at radius 1 is 0.846 bits per heavy atom. The molecule has 68 valence electrons. The van der Waals surface area contributed by atoms with Crippen LogP contribution in [0, 0.1) is 6.07 Å². The van der Waals surface area contributed by atoms with Gasteiger partial charge in [-0.1, -0.05) is 12.1 Å². The molecule has 2 aliphatic carbocycles. The van der Waals surface area contributed by atoms with Crippen molar-refractivity contribution in [2.24, 2.45) is 0 Å². The van der Waals surface area contributed by atoms with Crippen LogP contribution in [0.2, 0.25) is 0 Å². The molecule has 0 aromatic heterocycles. The quantitative estimate of drug-likeness (QED) is 0.332. The monoisotopic (exact) mass is 377 g/mol. The van der Waals surface area contributed by atoms with Crippen molar-refractivity contribution in [1.82, 2.24) is 0 Å². The van der Waals surface area contributed by atoms with Crippen LogP contribution in [0.3, 0.4) is 0 Å². The minimum Gasteiger partial charge on any atom is -1.00 e. The molecule has 0 nitrogen and oxygen atoms in total. The van der Waals surface area contributed by atoms with Crippen LogP contribution >= 0.6 is 0 Å². The van der Waals surface area contributed by atoms with Crippen LogP contribution in [0.25, 0.3) is 11.1 Å². The Morgan fingerprint density at radius 3 is 2.31 bits per heavy atom. The molecule has 0 atom stereocenters. The van der Waals surface area contributed by atoms with Crippen LogP contribution in [-0.2, 0) is 25.8 Å². The smallest absolute Gasteiger partial charge is 0 e. The van der Waals surface area contributed by atoms with Crippen molar-refractivity contribution in [2.45, 2.75) is 0 Å². The molecule has 0 fully saturated rings. The molecule has 0 heterocycles. The van der Waals surface area contributed by atoms with Gasteiger partial charge in [-0.25, -0.2) is 0 Å². The van der Waals surface area contributed by atoms with Crippen LogP contribution < -0.4 is 24.8 Å². The van der Waals surface area contributed by atoms with E-state index in [4.69, 9.17) is 0 Å². The third-order valence-electron chi connectivity index (χ3n) is 1.57. The van der Waals surface area contributed by atoms with Gasteiger partial charge < -0.3 is 24.8 Å². The van der Waals surface area contributed by atoms with Gasteiger partial charge in [0.2, 0.25) is 0 Å². The van der Waals surface area contributed by atoms with Gasteiger partial charge in [-0.3, -0.25) is 0 Å². The summed E-state index contributed by atoms with van der Waals surface area (Å²) >= 11 is 0. The summed E-state index contributed by atoms with van der Waals surface area (Å²) in [6.07, 6.45) is 0. The first-order valence-electron chi connectivity index (χ1n) is 3.32. The van der Waals surface area contributed by atoms with E-state index in [0.29, 0.717) is 0 Å². The first-order chi connectivity index (χ1) is 4.97. The standard InChI is InChI=1S/C10H7.2ClH.Hf/c1-2-5-9-7-4-8-10(9)6-3-1;;;/h1-7H;2*1H;/q-1;;;/p-2. The molecule has 2 rings (SSSR count). The second kappa shape index (κ2) is 7.54. The Hall–Kier alpha value is 0.150. The van der Waals surface area contributed by atoms with Crippen molar-refractivity contribution < 1.29 is 50.7 Å². The van der Waals surface area contributed by atoms with Gasteiger partial charge >= 0.3 is 0 Å². The summed E-state index contributed by atoms with van der Waals surface area (Å²) in [5.41, 5.74) is 2.44. The predicted molar refractivity (Wildman–Crippen MR) is 41.9 cm³/mol. The summed E-state index contributed by atoms with van der Waals surface area (Å²) in [5, 5.41) is 0. The number of halogens is 2. The molecule has 0 saturated heterocycles. The SMILES string of the molecule is [Cl-].[Cl-].[Hf].[c-]1ccc2cccccc1-2. The summed E-state index contributed by atoms with van der Waals surface area (Å²) < 4.78 is 0. The topological polar surface area (TPSA) is 0 Å². The third-order valence-corrected chi connectivity index (χ3v) is 1.57. The van der Waals surface area contributed by atoms with E-state index in [1.807, 2.05) is 24.3 Å². The van der Waals surface area contributed by atoms with Crippen LogP contribution in [0.4, 0.5) is 0 Å². The van der Waals surface area contributed by atoms with E-state index in [9.17, 15) is 0 Å². The largest absolute Gasteiger partial charge is 1.00 e. The Kier molecular flexibility index (Phi) is 9.06. The van der Waals surface area contributed by atoms with Gasteiger partial charge in [-0.15, -0.1) is 29.8 Å². The van der Waals surface area contributed by atoms with Crippen LogP contribution in [0.5, 0.6) is 0 Å². The summed E-state index contributed by atoms with van der Waals surface area (Å²) in [6, 6.07) is 17.4. The normalized spacial score (nSPS) is 7.69. The predicted octanol–water partition coefficient (Wildman–Crippen LogP) is -3.40. The second-order valence-electron chi connectivity index (χ2n) is 2.26. The third kappa shape index (κ3) is 3.80. The van der Waals surface area contributed by atoms with Crippen molar-refractivity contribution in [2.75, 3.05) is 0 Å². The molecule has 3 heteroatoms. The molecule has 0 bridgehead atoms. The van der Waals surface area contributed by atoms with Gasteiger partial charge in [0.1, 0.15) is 0 Å². The van der Waals surface area contributed by atoms with Gasteiger partial charge in [-0.05, 0) is 0 Å². The molecular formula is C10H7Cl2Hf-3. The van der Waals surface area contributed by atoms with Crippen molar-refractivity contribution >= 4 is 0 Å². The van der Waals surface area contributed by atoms with Crippen molar-refractivity contribution in [3.63, 3.8) is 0 Å². The van der Waals surface area contributed by atoms with E-state index in [0.717, 1.165) is 0 Å². The van der Waals surface area contributed by atoms with Gasteiger partial charge in [0.25, 0.3) is 0 Å². The van der Waals surface area contributed by atoms with Crippen molar-refractivity contribution in [3.8, 4) is 11.1 Å². The van der Waals surface area contributed by atoms with E-state index in [1.54, 1.807) is 0 Å². The fraction of sp³-hybridized carbons (Fsp3) is 0. The molecule has 13 heavy (non-hydrogen) atoms. The molecule has 0 N–H and O–H groups in total. The minimum absolute atomic E-state index is 0. The summed E-state index contributed by atoms with van der Waals surface area (Å²) in [5.74, 6) is 0. The molecule has 0 aromatic rings. The molecule has 2 aliphatic rings. The van der Waals surface area contributed by atoms with E-state index >= 15 is 0 Å². The van der Waals surface area contributed by atoms with Gasteiger partial charge in [-0.2, -0.15) is 17.7 Å². The maximum atomic E-state index is 3.14. The van der Waals surface area contributed by atoms with Gasteiger partial charge in [0, 0.05) is 25.8 Å². The molecule has 0 saturated carbocycles. The minimum atomic E-state index is 0. The Labute approximate surface area is 110 Å². The Balaban J connectivity index is 0. The van der Waals surface area contributed by atoms with Crippen molar-refractivity contribution in [1.29, 1.82) is 0 Å². The summed E-state index contributed by atoms with van der Waals surface area (Å²) in [4.78, 5) is 0. The number of fused-ring (bicyclic) bond motifs is 1. The zero-order chi connectivity index (χ0) is 6.81. The molecule has 0 aromatic carbocycles. The van der Waals surface area contributed by atoms with Gasteiger partial charge in [0.05, 0.1) is 0 Å². The van der Waals surface area contributed by atoms with E-state index < -0.39 is 0 Å². The van der Waals surface area contributed by atoms with E-state index in [1.165, 1.54) is 11.1 Å². The first kappa shape index (κ1) is 15.6. The molecule has 0 spiro atoms. The second-order valence-corrected chi connectivity index (χ2v) is 2.26. The Morgan fingerprint density at radius 2 is 1.54 bits per heavy atom. The molecule has 0 radical (unpaired) electrons. The fourth-order valence-electron chi connectivity index (χ4n) is 1.06. The zero-order valence-corrected chi connectivity index (χ0v) is 11.9. The zero-order valence-electron chi connectivity index (χ0n) is 6.80. The summed E-state index contributed by atoms with van der Waals surface area (Å²) in [7, 11) is 0. The van der Waals surface area contributed by atoms with E-state index in [-0.39, 0.29) is 50.7 Å².